The molecule has 0 atom stereocenters. The summed E-state index contributed by atoms with van der Waals surface area (Å²) in [4.78, 5) is 5.34. The van der Waals surface area contributed by atoms with E-state index in [-0.39, 0.29) is 0 Å². The molecule has 0 unspecified atom stereocenters. The van der Waals surface area contributed by atoms with Gasteiger partial charge in [0.25, 0.3) is 0 Å². The molecule has 2 aromatic heterocycles. The van der Waals surface area contributed by atoms with Crippen LogP contribution in [0.2, 0.25) is 0 Å². The van der Waals surface area contributed by atoms with E-state index in [4.69, 9.17) is 9.40 Å². The largest absolute Gasteiger partial charge is 0.456 e. The summed E-state index contributed by atoms with van der Waals surface area (Å²) in [6.07, 6.45) is 0. The van der Waals surface area contributed by atoms with Gasteiger partial charge in [-0.15, -0.1) is 0 Å². The van der Waals surface area contributed by atoms with Crippen molar-refractivity contribution in [2.75, 3.05) is 0 Å². The number of hydrogen-bond acceptors (Lipinski definition) is 2. The number of para-hydroxylation sites is 1. The molecule has 0 aliphatic carbocycles. The maximum absolute atomic E-state index is 6.32. The maximum atomic E-state index is 6.32. The van der Waals surface area contributed by atoms with E-state index < -0.39 is 0 Å². The van der Waals surface area contributed by atoms with E-state index in [2.05, 4.69) is 127 Å². The molecule has 7 aromatic carbocycles. The lowest BCUT2D eigenvalue weighted by molar-refractivity contribution is 0.669. The minimum atomic E-state index is 0.898. The zero-order chi connectivity index (χ0) is 26.9. The Balaban J connectivity index is 1.42. The first-order chi connectivity index (χ1) is 20.3. The molecule has 0 bridgehead atoms. The molecule has 0 saturated heterocycles. The van der Waals surface area contributed by atoms with Crippen molar-refractivity contribution < 1.29 is 4.42 Å². The molecule has 0 spiro atoms. The second-order valence-corrected chi connectivity index (χ2v) is 10.7. The van der Waals surface area contributed by atoms with Crippen LogP contribution >= 0.6 is 0 Å². The number of fused-ring (bicyclic) bond motifs is 10. The van der Waals surface area contributed by atoms with Crippen LogP contribution in [0.4, 0.5) is 0 Å². The minimum absolute atomic E-state index is 0.898. The molecule has 0 aliphatic rings. The molecule has 0 N–H and O–H groups in total. The smallest absolute Gasteiger partial charge is 0.136 e. The summed E-state index contributed by atoms with van der Waals surface area (Å²) in [5.74, 6) is 0. The van der Waals surface area contributed by atoms with Crippen LogP contribution in [0.5, 0.6) is 0 Å². The molecule has 41 heavy (non-hydrogen) atoms. The summed E-state index contributed by atoms with van der Waals surface area (Å²) >= 11 is 0. The maximum Gasteiger partial charge on any atom is 0.136 e. The fourth-order valence-corrected chi connectivity index (χ4v) is 6.59. The molecule has 0 aliphatic heterocycles. The number of nitrogens with zero attached hydrogens (tertiary/aromatic N) is 1. The Hall–Kier alpha value is -5.47. The molecule has 0 amide bonds. The van der Waals surface area contributed by atoms with Crippen molar-refractivity contribution in [3.05, 3.63) is 140 Å². The van der Waals surface area contributed by atoms with Crippen LogP contribution in [-0.2, 0) is 0 Å². The van der Waals surface area contributed by atoms with Gasteiger partial charge in [-0.2, -0.15) is 0 Å². The van der Waals surface area contributed by atoms with Crippen LogP contribution < -0.4 is 0 Å². The van der Waals surface area contributed by atoms with Crippen molar-refractivity contribution in [2.45, 2.75) is 0 Å². The van der Waals surface area contributed by atoms with Crippen molar-refractivity contribution in [3.63, 3.8) is 0 Å². The molecule has 2 nitrogen and oxygen atoms in total. The van der Waals surface area contributed by atoms with Gasteiger partial charge in [-0.1, -0.05) is 109 Å². The number of rotatable bonds is 2. The predicted octanol–water partition coefficient (Wildman–Crippen LogP) is 10.9. The van der Waals surface area contributed by atoms with Crippen molar-refractivity contribution >= 4 is 65.2 Å². The third kappa shape index (κ3) is 3.28. The molecule has 9 rings (SSSR count). The van der Waals surface area contributed by atoms with Gasteiger partial charge in [0.05, 0.1) is 11.2 Å². The molecule has 0 fully saturated rings. The van der Waals surface area contributed by atoms with Gasteiger partial charge in [-0.25, -0.2) is 4.98 Å². The zero-order valence-corrected chi connectivity index (χ0v) is 22.1. The van der Waals surface area contributed by atoms with Crippen LogP contribution in [0.1, 0.15) is 0 Å². The summed E-state index contributed by atoms with van der Waals surface area (Å²) in [7, 11) is 0. The number of furan rings is 1. The molecule has 190 valence electrons. The lowest BCUT2D eigenvalue weighted by Crippen LogP contribution is -1.92. The van der Waals surface area contributed by atoms with E-state index in [9.17, 15) is 0 Å². The van der Waals surface area contributed by atoms with E-state index in [1.165, 1.54) is 32.5 Å². The number of aromatic nitrogens is 1. The fraction of sp³-hybridized carbons (Fsp3) is 0. The van der Waals surface area contributed by atoms with Gasteiger partial charge in [0, 0.05) is 32.5 Å². The lowest BCUT2D eigenvalue weighted by Gasteiger charge is -2.14. The Labute approximate surface area is 236 Å². The van der Waals surface area contributed by atoms with Crippen LogP contribution in [0.15, 0.2) is 144 Å². The van der Waals surface area contributed by atoms with E-state index in [1.54, 1.807) is 0 Å². The van der Waals surface area contributed by atoms with Gasteiger partial charge < -0.3 is 4.42 Å². The Morgan fingerprint density at radius 3 is 2.00 bits per heavy atom. The van der Waals surface area contributed by atoms with Gasteiger partial charge >= 0.3 is 0 Å². The lowest BCUT2D eigenvalue weighted by atomic mass is 9.91. The number of benzene rings is 7. The fourth-order valence-electron chi connectivity index (χ4n) is 6.59. The molecule has 9 aromatic rings. The van der Waals surface area contributed by atoms with Crippen LogP contribution in [0.25, 0.3) is 87.5 Å². The normalized spacial score (nSPS) is 11.9. The molecule has 0 radical (unpaired) electrons. The number of hydrogen-bond donors (Lipinski definition) is 0. The Bertz CT molecular complexity index is 2470. The summed E-state index contributed by atoms with van der Waals surface area (Å²) in [6, 6.07) is 49.5. The van der Waals surface area contributed by atoms with E-state index in [1.807, 2.05) is 12.1 Å². The Morgan fingerprint density at radius 2 is 1.12 bits per heavy atom. The molecular weight excluding hydrogens is 498 g/mol. The highest BCUT2D eigenvalue weighted by Crippen LogP contribution is 2.42. The van der Waals surface area contributed by atoms with E-state index in [0.29, 0.717) is 0 Å². The summed E-state index contributed by atoms with van der Waals surface area (Å²) < 4.78 is 6.32. The van der Waals surface area contributed by atoms with Crippen LogP contribution in [-0.4, -0.2) is 4.98 Å². The highest BCUT2D eigenvalue weighted by atomic mass is 16.3. The summed E-state index contributed by atoms with van der Waals surface area (Å²) in [5, 5.41) is 10.8. The quantitative estimate of drug-likeness (QED) is 0.211. The Morgan fingerprint density at radius 1 is 0.415 bits per heavy atom. The third-order valence-corrected chi connectivity index (χ3v) is 8.42. The second kappa shape index (κ2) is 8.51. The van der Waals surface area contributed by atoms with Crippen molar-refractivity contribution in [1.29, 1.82) is 0 Å². The van der Waals surface area contributed by atoms with Gasteiger partial charge in [0.1, 0.15) is 11.2 Å². The third-order valence-electron chi connectivity index (χ3n) is 8.42. The number of pyridine rings is 1. The Kier molecular flexibility index (Phi) is 4.64. The summed E-state index contributed by atoms with van der Waals surface area (Å²) in [6.45, 7) is 0. The van der Waals surface area contributed by atoms with Gasteiger partial charge in [0.15, 0.2) is 0 Å². The van der Waals surface area contributed by atoms with Gasteiger partial charge in [0.2, 0.25) is 0 Å². The van der Waals surface area contributed by atoms with Crippen molar-refractivity contribution in [1.82, 2.24) is 4.98 Å². The highest BCUT2D eigenvalue weighted by molar-refractivity contribution is 6.28. The SMILES string of the molecule is c1ccc(-c2nc3cc(-c4cc5ccccc5c5ccccc45)ccc3c3c2ccc2oc4ccccc4c23)cc1. The van der Waals surface area contributed by atoms with Gasteiger partial charge in [-0.3, -0.25) is 0 Å². The monoisotopic (exact) mass is 521 g/mol. The van der Waals surface area contributed by atoms with E-state index in [0.717, 1.165) is 55.0 Å². The van der Waals surface area contributed by atoms with Crippen molar-refractivity contribution in [2.24, 2.45) is 0 Å². The zero-order valence-electron chi connectivity index (χ0n) is 22.1. The topological polar surface area (TPSA) is 26.0 Å². The standard InChI is InChI=1S/C39H23NO/c1-2-10-24(11-3-1)39-32-20-21-36-38(31-16-8-9-17-35(31)41-36)37(32)30-19-18-26(23-34(30)40-39)33-22-25-12-4-5-13-27(25)28-14-6-7-15-29(28)33/h1-23H. The minimum Gasteiger partial charge on any atom is -0.456 e. The second-order valence-electron chi connectivity index (χ2n) is 10.7. The molecule has 2 heterocycles. The average molecular weight is 522 g/mol. The van der Waals surface area contributed by atoms with E-state index >= 15 is 0 Å². The van der Waals surface area contributed by atoms with Crippen LogP contribution in [0.3, 0.4) is 0 Å². The summed E-state index contributed by atoms with van der Waals surface area (Å²) in [5.41, 5.74) is 7.25. The average Bonchev–Trinajstić information content (AvgIpc) is 3.43. The molecule has 0 saturated carbocycles. The van der Waals surface area contributed by atoms with Crippen LogP contribution in [0, 0.1) is 0 Å². The molecular formula is C39H23NO. The van der Waals surface area contributed by atoms with Gasteiger partial charge in [-0.05, 0) is 63.0 Å². The highest BCUT2D eigenvalue weighted by Gasteiger charge is 2.18. The van der Waals surface area contributed by atoms with Crippen molar-refractivity contribution in [3.8, 4) is 22.4 Å². The molecule has 2 heteroatoms. The first-order valence-corrected chi connectivity index (χ1v) is 14.0. The first-order valence-electron chi connectivity index (χ1n) is 14.0. The first kappa shape index (κ1) is 22.4. The predicted molar refractivity (Wildman–Crippen MR) is 172 cm³/mol.